The van der Waals surface area contributed by atoms with Crippen molar-refractivity contribution in [1.82, 2.24) is 0 Å². The van der Waals surface area contributed by atoms with Crippen LogP contribution in [-0.4, -0.2) is 13.2 Å². The van der Waals surface area contributed by atoms with Crippen LogP contribution in [0.15, 0.2) is 29.0 Å². The molecule has 0 saturated carbocycles. The van der Waals surface area contributed by atoms with Crippen LogP contribution in [0, 0.1) is 0 Å². The normalized spacial score (nSPS) is 11.3. The van der Waals surface area contributed by atoms with Crippen LogP contribution in [0.5, 0.6) is 11.5 Å². The Morgan fingerprint density at radius 2 is 1.11 bits per heavy atom. The van der Waals surface area contributed by atoms with Gasteiger partial charge in [-0.3, -0.25) is 0 Å². The van der Waals surface area contributed by atoms with E-state index in [2.05, 4.69) is 49.7 Å². The van der Waals surface area contributed by atoms with Gasteiger partial charge >= 0.3 is 0 Å². The third-order valence-corrected chi connectivity index (χ3v) is 9.63. The summed E-state index contributed by atoms with van der Waals surface area (Å²) >= 11 is 5.57. The molecule has 0 aliphatic carbocycles. The largest absolute Gasteiger partial charge is 0.493 e. The van der Waals surface area contributed by atoms with Crippen molar-refractivity contribution < 1.29 is 9.47 Å². The zero-order valence-electron chi connectivity index (χ0n) is 22.0. The Morgan fingerprint density at radius 3 is 1.77 bits per heavy atom. The summed E-state index contributed by atoms with van der Waals surface area (Å²) in [5, 5.41) is 4.35. The van der Waals surface area contributed by atoms with Crippen molar-refractivity contribution in [1.29, 1.82) is 0 Å². The predicted octanol–water partition coefficient (Wildman–Crippen LogP) is 11.2. The van der Waals surface area contributed by atoms with Gasteiger partial charge in [0.15, 0.2) is 0 Å². The highest BCUT2D eigenvalue weighted by Crippen LogP contribution is 2.44. The highest BCUT2D eigenvalue weighted by molar-refractivity contribution is 7.26. The minimum Gasteiger partial charge on any atom is -0.493 e. The van der Waals surface area contributed by atoms with Gasteiger partial charge in [0.1, 0.15) is 11.5 Å². The van der Waals surface area contributed by atoms with Crippen LogP contribution in [0.2, 0.25) is 0 Å². The first-order chi connectivity index (χ1) is 17.2. The maximum absolute atomic E-state index is 6.04. The summed E-state index contributed by atoms with van der Waals surface area (Å²) < 4.78 is 12.0. The van der Waals surface area contributed by atoms with Crippen LogP contribution in [0.3, 0.4) is 0 Å². The van der Waals surface area contributed by atoms with E-state index in [1.54, 1.807) is 11.3 Å². The lowest BCUT2D eigenvalue weighted by molar-refractivity contribution is 0.307. The first kappa shape index (κ1) is 28.3. The van der Waals surface area contributed by atoms with Crippen molar-refractivity contribution in [2.24, 2.45) is 0 Å². The molecule has 5 heteroatoms. The average Bonchev–Trinajstić information content (AvgIpc) is 3.61. The van der Waals surface area contributed by atoms with Crippen LogP contribution < -0.4 is 9.47 Å². The fraction of sp³-hybridized carbons (Fsp3) is 0.600. The maximum atomic E-state index is 6.04. The summed E-state index contributed by atoms with van der Waals surface area (Å²) in [5.74, 6) is 2.05. The molecule has 194 valence electrons. The maximum Gasteiger partial charge on any atom is 0.130 e. The molecule has 0 amide bonds. The van der Waals surface area contributed by atoms with E-state index in [1.807, 2.05) is 22.7 Å². The van der Waals surface area contributed by atoms with E-state index in [1.165, 1.54) is 89.3 Å². The van der Waals surface area contributed by atoms with Crippen LogP contribution in [-0.2, 0) is 6.42 Å². The molecule has 3 rings (SSSR count). The quantitative estimate of drug-likeness (QED) is 0.143. The second-order valence-corrected chi connectivity index (χ2v) is 12.3. The number of aryl methyl sites for hydroxylation is 1. The molecule has 0 spiro atoms. The molecule has 3 heterocycles. The average molecular weight is 533 g/mol. The molecule has 0 aliphatic heterocycles. The topological polar surface area (TPSA) is 18.5 Å². The Hall–Kier alpha value is -1.30. The number of ether oxygens (including phenoxy) is 2. The predicted molar refractivity (Wildman–Crippen MR) is 158 cm³/mol. The molecule has 0 radical (unpaired) electrons. The van der Waals surface area contributed by atoms with Gasteiger partial charge in [0.05, 0.1) is 13.2 Å². The minimum atomic E-state index is 0.819. The van der Waals surface area contributed by atoms with Crippen molar-refractivity contribution in [2.75, 3.05) is 13.2 Å². The molecule has 3 aromatic rings. The van der Waals surface area contributed by atoms with Gasteiger partial charge in [0.2, 0.25) is 0 Å². The van der Waals surface area contributed by atoms with Crippen LogP contribution >= 0.6 is 34.0 Å². The van der Waals surface area contributed by atoms with Crippen molar-refractivity contribution >= 4 is 34.0 Å². The minimum absolute atomic E-state index is 0.819. The molecule has 0 atom stereocenters. The van der Waals surface area contributed by atoms with Gasteiger partial charge in [0.25, 0.3) is 0 Å². The molecular weight excluding hydrogens is 489 g/mol. The smallest absolute Gasteiger partial charge is 0.130 e. The van der Waals surface area contributed by atoms with Crippen molar-refractivity contribution in [3.05, 3.63) is 34.5 Å². The molecule has 0 fully saturated rings. The molecule has 35 heavy (non-hydrogen) atoms. The fourth-order valence-electron chi connectivity index (χ4n) is 4.16. The van der Waals surface area contributed by atoms with Gasteiger partial charge < -0.3 is 9.47 Å². The Bertz CT molecular complexity index is 953. The van der Waals surface area contributed by atoms with E-state index in [0.29, 0.717) is 0 Å². The van der Waals surface area contributed by atoms with Crippen molar-refractivity contribution in [3.8, 4) is 31.0 Å². The first-order valence-corrected chi connectivity index (χ1v) is 16.4. The van der Waals surface area contributed by atoms with E-state index >= 15 is 0 Å². The molecule has 0 N–H and O–H groups in total. The molecule has 0 aromatic carbocycles. The third-order valence-electron chi connectivity index (χ3n) is 6.26. The summed E-state index contributed by atoms with van der Waals surface area (Å²) in [4.78, 5) is 5.47. The van der Waals surface area contributed by atoms with E-state index in [9.17, 15) is 0 Å². The lowest BCUT2D eigenvalue weighted by Gasteiger charge is -2.03. The molecular formula is C30H44O2S3. The zero-order valence-corrected chi connectivity index (χ0v) is 24.5. The van der Waals surface area contributed by atoms with Gasteiger partial charge in [-0.2, -0.15) is 0 Å². The highest BCUT2D eigenvalue weighted by Gasteiger charge is 2.16. The van der Waals surface area contributed by atoms with Gasteiger partial charge in [-0.15, -0.1) is 34.0 Å². The number of thiophene rings is 3. The lowest BCUT2D eigenvalue weighted by Crippen LogP contribution is -1.95. The molecule has 3 aromatic heterocycles. The fourth-order valence-corrected chi connectivity index (χ4v) is 7.27. The van der Waals surface area contributed by atoms with E-state index in [-0.39, 0.29) is 0 Å². The summed E-state index contributed by atoms with van der Waals surface area (Å²) in [7, 11) is 0. The summed E-state index contributed by atoms with van der Waals surface area (Å²) in [6.45, 7) is 8.39. The Labute approximate surface area is 225 Å². The standard InChI is InChI=1S/C30H44O2S3/c1-4-7-10-11-12-13-16-24-19-28(27-20-25(22-33-27)31-17-14-8-5-2)35-30(24)29-21-26(23-34-29)32-18-15-9-6-3/h19-23H,4-18H2,1-3H3. The van der Waals surface area contributed by atoms with Crippen LogP contribution in [0.4, 0.5) is 0 Å². The Kier molecular flexibility index (Phi) is 13.3. The Morgan fingerprint density at radius 1 is 0.571 bits per heavy atom. The van der Waals surface area contributed by atoms with Gasteiger partial charge in [0, 0.05) is 30.3 Å². The molecule has 0 bridgehead atoms. The first-order valence-electron chi connectivity index (χ1n) is 13.8. The van der Waals surface area contributed by atoms with Crippen LogP contribution in [0.1, 0.15) is 103 Å². The summed E-state index contributed by atoms with van der Waals surface area (Å²) in [6, 6.07) is 6.94. The number of hydrogen-bond acceptors (Lipinski definition) is 5. The van der Waals surface area contributed by atoms with E-state index in [4.69, 9.17) is 9.47 Å². The summed E-state index contributed by atoms with van der Waals surface area (Å²) in [6.07, 6.45) is 16.4. The second-order valence-electron chi connectivity index (χ2n) is 9.39. The van der Waals surface area contributed by atoms with Crippen molar-refractivity contribution in [2.45, 2.75) is 104 Å². The molecule has 2 nitrogen and oxygen atoms in total. The highest BCUT2D eigenvalue weighted by atomic mass is 32.1. The lowest BCUT2D eigenvalue weighted by atomic mass is 10.0. The zero-order chi connectivity index (χ0) is 24.7. The van der Waals surface area contributed by atoms with Gasteiger partial charge in [-0.05, 0) is 49.4 Å². The number of unbranched alkanes of at least 4 members (excludes halogenated alkanes) is 9. The SMILES string of the molecule is CCCCCCCCc1cc(-c2cc(OCCCCC)cs2)sc1-c1cc(OCCCCC)cs1. The van der Waals surface area contributed by atoms with E-state index < -0.39 is 0 Å². The summed E-state index contributed by atoms with van der Waals surface area (Å²) in [5.41, 5.74) is 1.50. The number of hydrogen-bond donors (Lipinski definition) is 0. The van der Waals surface area contributed by atoms with Crippen molar-refractivity contribution in [3.63, 3.8) is 0 Å². The Balaban J connectivity index is 1.69. The molecule has 0 saturated heterocycles. The second kappa shape index (κ2) is 16.4. The van der Waals surface area contributed by atoms with E-state index in [0.717, 1.165) is 44.0 Å². The molecule has 0 unspecified atom stereocenters. The monoisotopic (exact) mass is 532 g/mol. The third kappa shape index (κ3) is 9.59. The van der Waals surface area contributed by atoms with Gasteiger partial charge in [-0.1, -0.05) is 78.6 Å². The number of rotatable bonds is 19. The van der Waals surface area contributed by atoms with Crippen LogP contribution in [0.25, 0.3) is 19.5 Å². The van der Waals surface area contributed by atoms with Gasteiger partial charge in [-0.25, -0.2) is 0 Å². The molecule has 0 aliphatic rings.